The van der Waals surface area contributed by atoms with Crippen molar-refractivity contribution < 1.29 is 30.8 Å². The predicted molar refractivity (Wildman–Crippen MR) is 74.5 cm³/mol. The Hall–Kier alpha value is -1.68. The normalized spacial score (nSPS) is 12.5. The van der Waals surface area contributed by atoms with Crippen LogP contribution in [0.5, 0.6) is 0 Å². The van der Waals surface area contributed by atoms with E-state index in [0.29, 0.717) is 10.4 Å². The molecule has 0 fully saturated rings. The van der Waals surface area contributed by atoms with Crippen LogP contribution >= 0.6 is 0 Å². The number of halogens is 4. The monoisotopic (exact) mass is 356 g/mol. The van der Waals surface area contributed by atoms with Crippen LogP contribution in [0.25, 0.3) is 0 Å². The Morgan fingerprint density at radius 3 is 2.35 bits per heavy atom. The Bertz CT molecular complexity index is 674. The van der Waals surface area contributed by atoms with Gasteiger partial charge in [0.05, 0.1) is 17.0 Å². The Labute approximate surface area is 131 Å². The van der Waals surface area contributed by atoms with Gasteiger partial charge in [0.25, 0.3) is 0 Å². The smallest absolute Gasteiger partial charge is 0.355 e. The molecular formula is C13H16F4N2O3S. The van der Waals surface area contributed by atoms with E-state index < -0.39 is 44.9 Å². The van der Waals surface area contributed by atoms with E-state index in [0.717, 1.165) is 6.07 Å². The van der Waals surface area contributed by atoms with Crippen LogP contribution in [-0.4, -0.2) is 38.3 Å². The summed E-state index contributed by atoms with van der Waals surface area (Å²) >= 11 is 0. The van der Waals surface area contributed by atoms with Gasteiger partial charge in [-0.1, -0.05) is 6.92 Å². The van der Waals surface area contributed by atoms with Crippen molar-refractivity contribution in [2.24, 2.45) is 0 Å². The number of nitrogens with one attached hydrogen (secondary N) is 1. The molecule has 1 aromatic carbocycles. The highest BCUT2D eigenvalue weighted by Gasteiger charge is 2.36. The summed E-state index contributed by atoms with van der Waals surface area (Å²) in [7, 11) is -4.36. The minimum absolute atomic E-state index is 0.127. The lowest BCUT2D eigenvalue weighted by Crippen LogP contribution is -2.40. The molecule has 0 bridgehead atoms. The molecule has 0 saturated heterocycles. The molecule has 0 heterocycles. The van der Waals surface area contributed by atoms with Gasteiger partial charge >= 0.3 is 6.18 Å². The van der Waals surface area contributed by atoms with Crippen LogP contribution in [0, 0.1) is 5.82 Å². The molecule has 0 spiro atoms. The summed E-state index contributed by atoms with van der Waals surface area (Å²) in [5.74, 6) is -2.15. The molecule has 0 aliphatic heterocycles. The van der Waals surface area contributed by atoms with E-state index in [1.54, 1.807) is 6.92 Å². The SMILES string of the molecule is CCNC(=O)CN(CC)S(=O)(=O)c1ccc(F)c(C(F)(F)F)c1. The van der Waals surface area contributed by atoms with Crippen molar-refractivity contribution in [3.8, 4) is 0 Å². The largest absolute Gasteiger partial charge is 0.419 e. The summed E-state index contributed by atoms with van der Waals surface area (Å²) in [6.07, 6.45) is -5.02. The standard InChI is InChI=1S/C13H16F4N2O3S/c1-3-18-12(20)8-19(4-2)23(21,22)9-5-6-11(14)10(7-9)13(15,16)17/h5-7H,3-4,8H2,1-2H3,(H,18,20). The van der Waals surface area contributed by atoms with Gasteiger partial charge in [-0.3, -0.25) is 4.79 Å². The van der Waals surface area contributed by atoms with Crippen LogP contribution < -0.4 is 5.32 Å². The van der Waals surface area contributed by atoms with Crippen molar-refractivity contribution in [3.05, 3.63) is 29.6 Å². The molecule has 0 radical (unpaired) electrons. The summed E-state index contributed by atoms with van der Waals surface area (Å²) in [6.45, 7) is 2.69. The number of hydrogen-bond donors (Lipinski definition) is 1. The first-order valence-corrected chi connectivity index (χ1v) is 8.11. The van der Waals surface area contributed by atoms with Crippen LogP contribution in [-0.2, 0) is 21.0 Å². The number of alkyl halides is 3. The Morgan fingerprint density at radius 2 is 1.87 bits per heavy atom. The van der Waals surface area contributed by atoms with Gasteiger partial charge in [-0.05, 0) is 25.1 Å². The molecular weight excluding hydrogens is 340 g/mol. The van der Waals surface area contributed by atoms with Crippen LogP contribution in [0.15, 0.2) is 23.1 Å². The second-order valence-corrected chi connectivity index (χ2v) is 6.46. The maximum Gasteiger partial charge on any atom is 0.419 e. The lowest BCUT2D eigenvalue weighted by atomic mass is 10.2. The summed E-state index contributed by atoms with van der Waals surface area (Å²) in [4.78, 5) is 10.8. The van der Waals surface area contributed by atoms with Gasteiger partial charge in [-0.15, -0.1) is 0 Å². The maximum absolute atomic E-state index is 13.3. The first kappa shape index (κ1) is 19.4. The molecule has 0 unspecified atom stereocenters. The molecule has 1 N–H and O–H groups in total. The van der Waals surface area contributed by atoms with Crippen LogP contribution in [0.3, 0.4) is 0 Å². The van der Waals surface area contributed by atoms with Crippen LogP contribution in [0.4, 0.5) is 17.6 Å². The van der Waals surface area contributed by atoms with Gasteiger partial charge in [0.15, 0.2) is 0 Å². The summed E-state index contributed by atoms with van der Waals surface area (Å²) in [5, 5.41) is 2.39. The average Bonchev–Trinajstić information content (AvgIpc) is 2.43. The van der Waals surface area contributed by atoms with Gasteiger partial charge in [-0.25, -0.2) is 12.8 Å². The second-order valence-electron chi connectivity index (χ2n) is 4.52. The van der Waals surface area contributed by atoms with E-state index in [2.05, 4.69) is 5.32 Å². The van der Waals surface area contributed by atoms with Crippen molar-refractivity contribution in [1.29, 1.82) is 0 Å². The van der Waals surface area contributed by atoms with Gasteiger partial charge < -0.3 is 5.32 Å². The third-order valence-electron chi connectivity index (χ3n) is 2.93. The lowest BCUT2D eigenvalue weighted by molar-refractivity contribution is -0.140. The fourth-order valence-corrected chi connectivity index (χ4v) is 3.24. The van der Waals surface area contributed by atoms with Crippen molar-refractivity contribution >= 4 is 15.9 Å². The molecule has 0 atom stereocenters. The van der Waals surface area contributed by atoms with Crippen molar-refractivity contribution in [1.82, 2.24) is 9.62 Å². The Balaban J connectivity index is 3.24. The van der Waals surface area contributed by atoms with Gasteiger partial charge in [0.1, 0.15) is 5.82 Å². The molecule has 130 valence electrons. The number of carbonyl (C=O) groups is 1. The zero-order valence-corrected chi connectivity index (χ0v) is 13.3. The second kappa shape index (κ2) is 7.26. The molecule has 1 rings (SSSR count). The van der Waals surface area contributed by atoms with Gasteiger partial charge in [0.2, 0.25) is 15.9 Å². The van der Waals surface area contributed by atoms with Crippen molar-refractivity contribution in [3.63, 3.8) is 0 Å². The highest BCUT2D eigenvalue weighted by molar-refractivity contribution is 7.89. The number of benzene rings is 1. The zero-order chi connectivity index (χ0) is 17.8. The number of likely N-dealkylation sites (N-methyl/N-ethyl adjacent to an activating group) is 2. The predicted octanol–water partition coefficient (Wildman–Crippen LogP) is 1.99. The third-order valence-corrected chi connectivity index (χ3v) is 4.84. The molecule has 1 aromatic rings. The molecule has 0 aliphatic rings. The van der Waals surface area contributed by atoms with Crippen molar-refractivity contribution in [2.75, 3.05) is 19.6 Å². The van der Waals surface area contributed by atoms with E-state index >= 15 is 0 Å². The summed E-state index contributed by atoms with van der Waals surface area (Å²) < 4.78 is 76.8. The molecule has 5 nitrogen and oxygen atoms in total. The van der Waals surface area contributed by atoms with E-state index in [-0.39, 0.29) is 19.2 Å². The number of hydrogen-bond acceptors (Lipinski definition) is 3. The summed E-state index contributed by atoms with van der Waals surface area (Å²) in [6, 6.07) is 1.40. The zero-order valence-electron chi connectivity index (χ0n) is 12.4. The number of amides is 1. The molecule has 0 aromatic heterocycles. The summed E-state index contributed by atoms with van der Waals surface area (Å²) in [5.41, 5.74) is -1.67. The average molecular weight is 356 g/mol. The number of rotatable bonds is 6. The molecule has 0 aliphatic carbocycles. The topological polar surface area (TPSA) is 66.5 Å². The van der Waals surface area contributed by atoms with E-state index in [4.69, 9.17) is 0 Å². The highest BCUT2D eigenvalue weighted by Crippen LogP contribution is 2.33. The highest BCUT2D eigenvalue weighted by atomic mass is 32.2. The maximum atomic E-state index is 13.3. The molecule has 23 heavy (non-hydrogen) atoms. The first-order chi connectivity index (χ1) is 10.5. The Morgan fingerprint density at radius 1 is 1.26 bits per heavy atom. The Kier molecular flexibility index (Phi) is 6.11. The lowest BCUT2D eigenvalue weighted by Gasteiger charge is -2.20. The number of sulfonamides is 1. The molecule has 10 heteroatoms. The van der Waals surface area contributed by atoms with Crippen LogP contribution in [0.2, 0.25) is 0 Å². The van der Waals surface area contributed by atoms with Crippen LogP contribution in [0.1, 0.15) is 19.4 Å². The van der Waals surface area contributed by atoms with Gasteiger partial charge in [0, 0.05) is 13.1 Å². The quantitative estimate of drug-likeness (QED) is 0.793. The number of carbonyl (C=O) groups excluding carboxylic acids is 1. The van der Waals surface area contributed by atoms with E-state index in [1.165, 1.54) is 6.92 Å². The first-order valence-electron chi connectivity index (χ1n) is 6.67. The van der Waals surface area contributed by atoms with Crippen molar-refractivity contribution in [2.45, 2.75) is 24.9 Å². The van der Waals surface area contributed by atoms with Gasteiger partial charge in [-0.2, -0.15) is 17.5 Å². The number of nitrogens with zero attached hydrogens (tertiary/aromatic N) is 1. The fourth-order valence-electron chi connectivity index (χ4n) is 1.81. The van der Waals surface area contributed by atoms with E-state index in [9.17, 15) is 30.8 Å². The fraction of sp³-hybridized carbons (Fsp3) is 0.462. The van der Waals surface area contributed by atoms with E-state index in [1.807, 2.05) is 0 Å². The minimum Gasteiger partial charge on any atom is -0.355 e. The molecule has 1 amide bonds. The molecule has 0 saturated carbocycles. The minimum atomic E-state index is -5.02. The third kappa shape index (κ3) is 4.64.